The maximum atomic E-state index is 12.6. The molecule has 27 heavy (non-hydrogen) atoms. The smallest absolute Gasteiger partial charge is 0.338 e. The van der Waals surface area contributed by atoms with Crippen molar-refractivity contribution in [2.45, 2.75) is 20.3 Å². The average Bonchev–Trinajstić information content (AvgIpc) is 2.94. The molecule has 0 saturated carbocycles. The molecule has 0 fully saturated rings. The molecule has 0 bridgehead atoms. The summed E-state index contributed by atoms with van der Waals surface area (Å²) in [5.41, 5.74) is 4.96. The van der Waals surface area contributed by atoms with Crippen LogP contribution in [0.15, 0.2) is 60.7 Å². The number of aromatic nitrogens is 1. The van der Waals surface area contributed by atoms with E-state index in [4.69, 9.17) is 4.74 Å². The highest BCUT2D eigenvalue weighted by Crippen LogP contribution is 2.17. The van der Waals surface area contributed by atoms with Gasteiger partial charge >= 0.3 is 5.97 Å². The van der Waals surface area contributed by atoms with Crippen LogP contribution in [0.2, 0.25) is 0 Å². The van der Waals surface area contributed by atoms with E-state index in [0.29, 0.717) is 17.5 Å². The van der Waals surface area contributed by atoms with Crippen LogP contribution in [0.3, 0.4) is 0 Å². The molecular formula is C23H23NO3. The third kappa shape index (κ3) is 4.17. The molecule has 0 amide bonds. The van der Waals surface area contributed by atoms with Crippen molar-refractivity contribution in [3.63, 3.8) is 0 Å². The molecule has 4 nitrogen and oxygen atoms in total. The number of nitrogens with zero attached hydrogens (tertiary/aromatic N) is 1. The van der Waals surface area contributed by atoms with Gasteiger partial charge in [-0.15, -0.1) is 0 Å². The predicted molar refractivity (Wildman–Crippen MR) is 105 cm³/mol. The quantitative estimate of drug-likeness (QED) is 0.486. The summed E-state index contributed by atoms with van der Waals surface area (Å²) in [7, 11) is 1.91. The summed E-state index contributed by atoms with van der Waals surface area (Å²) in [5, 5.41) is 0. The van der Waals surface area contributed by atoms with E-state index in [9.17, 15) is 9.59 Å². The Balaban J connectivity index is 1.71. The fraction of sp³-hybridized carbons (Fsp3) is 0.217. The number of Topliss-reactive ketones (excluding diaryl/α,β-unsaturated/α-hetero) is 1. The van der Waals surface area contributed by atoms with E-state index >= 15 is 0 Å². The van der Waals surface area contributed by atoms with Crippen molar-refractivity contribution >= 4 is 11.8 Å². The standard InChI is InChI=1S/C23H23NO3/c1-16-13-21(17(2)24(16)3)22(25)15-27-23(26)20-12-8-7-11-19(20)14-18-9-5-4-6-10-18/h4-13H,14-15H2,1-3H3. The van der Waals surface area contributed by atoms with Gasteiger partial charge in [0.25, 0.3) is 0 Å². The highest BCUT2D eigenvalue weighted by Gasteiger charge is 2.18. The van der Waals surface area contributed by atoms with Crippen molar-refractivity contribution in [3.8, 4) is 0 Å². The van der Waals surface area contributed by atoms with Crippen molar-refractivity contribution in [2.24, 2.45) is 7.05 Å². The summed E-state index contributed by atoms with van der Waals surface area (Å²) < 4.78 is 7.28. The fourth-order valence-corrected chi connectivity index (χ4v) is 3.11. The Morgan fingerprint density at radius 2 is 1.59 bits per heavy atom. The zero-order chi connectivity index (χ0) is 19.4. The van der Waals surface area contributed by atoms with Gasteiger partial charge in [-0.2, -0.15) is 0 Å². The van der Waals surface area contributed by atoms with Gasteiger partial charge in [-0.05, 0) is 43.5 Å². The Hall–Kier alpha value is -3.14. The molecule has 138 valence electrons. The molecule has 4 heteroatoms. The lowest BCUT2D eigenvalue weighted by atomic mass is 10.00. The van der Waals surface area contributed by atoms with E-state index in [1.807, 2.05) is 74.0 Å². The van der Waals surface area contributed by atoms with Crippen LogP contribution in [-0.4, -0.2) is 22.9 Å². The molecule has 0 aliphatic carbocycles. The van der Waals surface area contributed by atoms with Gasteiger partial charge in [-0.25, -0.2) is 4.79 Å². The highest BCUT2D eigenvalue weighted by molar-refractivity contribution is 6.00. The van der Waals surface area contributed by atoms with Gasteiger partial charge in [0.2, 0.25) is 5.78 Å². The lowest BCUT2D eigenvalue weighted by molar-refractivity contribution is 0.0473. The molecule has 0 saturated heterocycles. The van der Waals surface area contributed by atoms with E-state index in [-0.39, 0.29) is 12.4 Å². The largest absolute Gasteiger partial charge is 0.454 e. The Kier molecular flexibility index (Phi) is 5.55. The van der Waals surface area contributed by atoms with Crippen LogP contribution in [0.25, 0.3) is 0 Å². The first kappa shape index (κ1) is 18.6. The average molecular weight is 361 g/mol. The highest BCUT2D eigenvalue weighted by atomic mass is 16.5. The number of aryl methyl sites for hydroxylation is 1. The second-order valence-electron chi connectivity index (χ2n) is 6.66. The van der Waals surface area contributed by atoms with Crippen molar-refractivity contribution in [2.75, 3.05) is 6.61 Å². The van der Waals surface area contributed by atoms with Gasteiger partial charge in [-0.3, -0.25) is 4.79 Å². The third-order valence-corrected chi connectivity index (χ3v) is 4.88. The molecule has 0 unspecified atom stereocenters. The predicted octanol–water partition coefficient (Wildman–Crippen LogP) is 4.27. The summed E-state index contributed by atoms with van der Waals surface area (Å²) in [6.45, 7) is 3.57. The topological polar surface area (TPSA) is 48.3 Å². The first-order chi connectivity index (χ1) is 13.0. The number of ketones is 1. The molecule has 3 aromatic rings. The van der Waals surface area contributed by atoms with Crippen LogP contribution in [0.5, 0.6) is 0 Å². The summed E-state index contributed by atoms with van der Waals surface area (Å²) in [6.07, 6.45) is 0.636. The number of rotatable bonds is 6. The molecule has 0 aliphatic heterocycles. The number of carbonyl (C=O) groups excluding carboxylic acids is 2. The number of benzene rings is 2. The van der Waals surface area contributed by atoms with Crippen LogP contribution < -0.4 is 0 Å². The van der Waals surface area contributed by atoms with Gasteiger partial charge in [0, 0.05) is 24.0 Å². The molecule has 2 aromatic carbocycles. The van der Waals surface area contributed by atoms with Crippen LogP contribution in [0.1, 0.15) is 43.2 Å². The molecule has 0 aliphatic rings. The second kappa shape index (κ2) is 8.04. The van der Waals surface area contributed by atoms with Gasteiger partial charge < -0.3 is 9.30 Å². The zero-order valence-electron chi connectivity index (χ0n) is 15.9. The van der Waals surface area contributed by atoms with E-state index < -0.39 is 5.97 Å². The Morgan fingerprint density at radius 3 is 2.26 bits per heavy atom. The minimum Gasteiger partial charge on any atom is -0.454 e. The molecule has 0 atom stereocenters. The van der Waals surface area contributed by atoms with Crippen LogP contribution >= 0.6 is 0 Å². The Bertz CT molecular complexity index is 971. The number of carbonyl (C=O) groups is 2. The SMILES string of the molecule is Cc1cc(C(=O)COC(=O)c2ccccc2Cc2ccccc2)c(C)n1C. The Morgan fingerprint density at radius 1 is 0.926 bits per heavy atom. The first-order valence-corrected chi connectivity index (χ1v) is 8.92. The summed E-state index contributed by atoms with van der Waals surface area (Å²) in [4.78, 5) is 25.0. The molecule has 1 aromatic heterocycles. The molecular weight excluding hydrogens is 338 g/mol. The van der Waals surface area contributed by atoms with E-state index in [1.54, 1.807) is 12.1 Å². The van der Waals surface area contributed by atoms with Gasteiger partial charge in [0.15, 0.2) is 6.61 Å². The zero-order valence-corrected chi connectivity index (χ0v) is 15.9. The minimum atomic E-state index is -0.472. The maximum absolute atomic E-state index is 12.6. The number of hydrogen-bond donors (Lipinski definition) is 0. The minimum absolute atomic E-state index is 0.190. The van der Waals surface area contributed by atoms with Crippen LogP contribution in [0.4, 0.5) is 0 Å². The van der Waals surface area contributed by atoms with Gasteiger partial charge in [0.05, 0.1) is 5.56 Å². The molecule has 0 radical (unpaired) electrons. The van der Waals surface area contributed by atoms with E-state index in [2.05, 4.69) is 0 Å². The first-order valence-electron chi connectivity index (χ1n) is 8.92. The molecule has 0 spiro atoms. The fourth-order valence-electron chi connectivity index (χ4n) is 3.11. The summed E-state index contributed by atoms with van der Waals surface area (Å²) >= 11 is 0. The monoisotopic (exact) mass is 361 g/mol. The van der Waals surface area contributed by atoms with Crippen LogP contribution in [0, 0.1) is 13.8 Å². The number of ether oxygens (including phenoxy) is 1. The van der Waals surface area contributed by atoms with Crippen molar-refractivity contribution in [3.05, 3.63) is 94.3 Å². The van der Waals surface area contributed by atoms with E-state index in [1.165, 1.54) is 0 Å². The van der Waals surface area contributed by atoms with Crippen molar-refractivity contribution in [1.29, 1.82) is 0 Å². The maximum Gasteiger partial charge on any atom is 0.338 e. The van der Waals surface area contributed by atoms with Gasteiger partial charge in [-0.1, -0.05) is 48.5 Å². The molecule has 3 rings (SSSR count). The third-order valence-electron chi connectivity index (χ3n) is 4.88. The lowest BCUT2D eigenvalue weighted by Gasteiger charge is -2.10. The second-order valence-corrected chi connectivity index (χ2v) is 6.66. The normalized spacial score (nSPS) is 10.6. The lowest BCUT2D eigenvalue weighted by Crippen LogP contribution is -2.16. The number of hydrogen-bond acceptors (Lipinski definition) is 3. The molecule has 1 heterocycles. The molecule has 0 N–H and O–H groups in total. The summed E-state index contributed by atoms with van der Waals surface area (Å²) in [6, 6.07) is 19.1. The van der Waals surface area contributed by atoms with E-state index in [0.717, 1.165) is 22.5 Å². The summed E-state index contributed by atoms with van der Waals surface area (Å²) in [5.74, 6) is -0.662. The van der Waals surface area contributed by atoms with Crippen molar-refractivity contribution < 1.29 is 14.3 Å². The van der Waals surface area contributed by atoms with Crippen LogP contribution in [-0.2, 0) is 18.2 Å². The number of esters is 1. The van der Waals surface area contributed by atoms with Gasteiger partial charge in [0.1, 0.15) is 0 Å². The Labute approximate surface area is 159 Å². The van der Waals surface area contributed by atoms with Crippen molar-refractivity contribution in [1.82, 2.24) is 4.57 Å².